The number of hydrogen-bond donors (Lipinski definition) is 1. The van der Waals surface area contributed by atoms with Crippen molar-refractivity contribution >= 4 is 0 Å². The van der Waals surface area contributed by atoms with E-state index in [0.717, 1.165) is 13.0 Å². The third-order valence-electron chi connectivity index (χ3n) is 3.50. The molecule has 1 aromatic carbocycles. The van der Waals surface area contributed by atoms with Crippen molar-refractivity contribution in [1.29, 1.82) is 0 Å². The molecule has 0 atom stereocenters. The molecule has 1 aliphatic carbocycles. The molecule has 0 radical (unpaired) electrons. The second-order valence-electron chi connectivity index (χ2n) is 4.99. The molecule has 0 saturated heterocycles. The lowest BCUT2D eigenvalue weighted by Crippen LogP contribution is -2.12. The zero-order valence-corrected chi connectivity index (χ0v) is 10.5. The Bertz CT molecular complexity index is 512. The number of rotatable bonds is 5. The van der Waals surface area contributed by atoms with Gasteiger partial charge < -0.3 is 10.3 Å². The molecule has 3 nitrogen and oxygen atoms in total. The molecule has 0 aliphatic heterocycles. The van der Waals surface area contributed by atoms with Crippen molar-refractivity contribution in [2.45, 2.75) is 31.7 Å². The van der Waals surface area contributed by atoms with Crippen molar-refractivity contribution in [2.24, 2.45) is 5.73 Å². The highest BCUT2D eigenvalue weighted by Crippen LogP contribution is 2.39. The summed E-state index contributed by atoms with van der Waals surface area (Å²) in [5.41, 5.74) is 8.28. The summed E-state index contributed by atoms with van der Waals surface area (Å²) in [4.78, 5) is 4.60. The van der Waals surface area contributed by atoms with Crippen LogP contribution in [0.15, 0.2) is 36.5 Å². The Morgan fingerprint density at radius 1 is 1.22 bits per heavy atom. The van der Waals surface area contributed by atoms with E-state index in [0.29, 0.717) is 12.5 Å². The van der Waals surface area contributed by atoms with Gasteiger partial charge in [0.25, 0.3) is 0 Å². The zero-order chi connectivity index (χ0) is 12.4. The number of imidazole rings is 1. The SMILES string of the molecule is NCCc1cnc(C2CC2)n1Cc1ccccc1. The molecule has 0 spiro atoms. The molecule has 1 saturated carbocycles. The molecule has 0 unspecified atom stereocenters. The van der Waals surface area contributed by atoms with Gasteiger partial charge in [0, 0.05) is 30.8 Å². The molecule has 0 bridgehead atoms. The molecule has 1 aromatic heterocycles. The fourth-order valence-corrected chi connectivity index (χ4v) is 2.39. The van der Waals surface area contributed by atoms with E-state index in [1.54, 1.807) is 0 Å². The Balaban J connectivity index is 1.90. The van der Waals surface area contributed by atoms with Gasteiger partial charge >= 0.3 is 0 Å². The Kier molecular flexibility index (Phi) is 3.15. The van der Waals surface area contributed by atoms with Crippen LogP contribution in [0.2, 0.25) is 0 Å². The highest BCUT2D eigenvalue weighted by atomic mass is 15.1. The first-order chi connectivity index (χ1) is 8.88. The second-order valence-corrected chi connectivity index (χ2v) is 4.99. The van der Waals surface area contributed by atoms with E-state index in [1.807, 2.05) is 6.20 Å². The van der Waals surface area contributed by atoms with Gasteiger partial charge in [-0.1, -0.05) is 30.3 Å². The van der Waals surface area contributed by atoms with Gasteiger partial charge in [0.1, 0.15) is 5.82 Å². The van der Waals surface area contributed by atoms with E-state index in [1.165, 1.54) is 29.9 Å². The molecule has 18 heavy (non-hydrogen) atoms. The molecule has 2 aromatic rings. The summed E-state index contributed by atoms with van der Waals surface area (Å²) in [5, 5.41) is 0. The Morgan fingerprint density at radius 3 is 2.67 bits per heavy atom. The van der Waals surface area contributed by atoms with E-state index >= 15 is 0 Å². The van der Waals surface area contributed by atoms with Gasteiger partial charge in [-0.05, 0) is 24.9 Å². The summed E-state index contributed by atoms with van der Waals surface area (Å²) < 4.78 is 2.36. The normalized spacial score (nSPS) is 14.9. The summed E-state index contributed by atoms with van der Waals surface area (Å²) in [7, 11) is 0. The van der Waals surface area contributed by atoms with Crippen LogP contribution in [0.1, 0.15) is 35.8 Å². The van der Waals surface area contributed by atoms with Gasteiger partial charge in [-0.3, -0.25) is 0 Å². The van der Waals surface area contributed by atoms with Gasteiger partial charge in [-0.25, -0.2) is 4.98 Å². The minimum atomic E-state index is 0.681. The van der Waals surface area contributed by atoms with Crippen molar-refractivity contribution < 1.29 is 0 Å². The minimum absolute atomic E-state index is 0.681. The lowest BCUT2D eigenvalue weighted by Gasteiger charge is -2.11. The second kappa shape index (κ2) is 4.94. The monoisotopic (exact) mass is 241 g/mol. The summed E-state index contributed by atoms with van der Waals surface area (Å²) in [6, 6.07) is 10.6. The number of nitrogens with zero attached hydrogens (tertiary/aromatic N) is 2. The van der Waals surface area contributed by atoms with Crippen LogP contribution in [-0.2, 0) is 13.0 Å². The van der Waals surface area contributed by atoms with E-state index in [9.17, 15) is 0 Å². The lowest BCUT2D eigenvalue weighted by atomic mass is 10.2. The average molecular weight is 241 g/mol. The Labute approximate surface area is 108 Å². The lowest BCUT2D eigenvalue weighted by molar-refractivity contribution is 0.684. The molecule has 1 fully saturated rings. The Hall–Kier alpha value is -1.61. The maximum Gasteiger partial charge on any atom is 0.112 e. The zero-order valence-electron chi connectivity index (χ0n) is 10.5. The predicted molar refractivity (Wildman–Crippen MR) is 72.5 cm³/mol. The van der Waals surface area contributed by atoms with Crippen LogP contribution in [-0.4, -0.2) is 16.1 Å². The number of benzene rings is 1. The van der Waals surface area contributed by atoms with Gasteiger partial charge in [0.2, 0.25) is 0 Å². The van der Waals surface area contributed by atoms with Crippen molar-refractivity contribution in [3.05, 3.63) is 53.6 Å². The fourth-order valence-electron chi connectivity index (χ4n) is 2.39. The standard InChI is InChI=1S/C15H19N3/c16-9-8-14-10-17-15(13-6-7-13)18(14)11-12-4-2-1-3-5-12/h1-5,10,13H,6-9,11,16H2. The highest BCUT2D eigenvalue weighted by Gasteiger charge is 2.29. The smallest absolute Gasteiger partial charge is 0.112 e. The van der Waals surface area contributed by atoms with E-state index < -0.39 is 0 Å². The Morgan fingerprint density at radius 2 is 2.00 bits per heavy atom. The van der Waals surface area contributed by atoms with Crippen molar-refractivity contribution in [3.8, 4) is 0 Å². The molecule has 0 amide bonds. The summed E-state index contributed by atoms with van der Waals surface area (Å²) in [5.74, 6) is 1.93. The van der Waals surface area contributed by atoms with Crippen molar-refractivity contribution in [1.82, 2.24) is 9.55 Å². The molecule has 3 rings (SSSR count). The van der Waals surface area contributed by atoms with E-state index in [-0.39, 0.29) is 0 Å². The van der Waals surface area contributed by atoms with Crippen molar-refractivity contribution in [3.63, 3.8) is 0 Å². The van der Waals surface area contributed by atoms with E-state index in [4.69, 9.17) is 5.73 Å². The molecule has 3 heteroatoms. The third kappa shape index (κ3) is 2.31. The largest absolute Gasteiger partial charge is 0.330 e. The number of aromatic nitrogens is 2. The number of hydrogen-bond acceptors (Lipinski definition) is 2. The quantitative estimate of drug-likeness (QED) is 0.873. The van der Waals surface area contributed by atoms with Crippen LogP contribution < -0.4 is 5.73 Å². The minimum Gasteiger partial charge on any atom is -0.330 e. The van der Waals surface area contributed by atoms with Crippen LogP contribution >= 0.6 is 0 Å². The van der Waals surface area contributed by atoms with Crippen molar-refractivity contribution in [2.75, 3.05) is 6.54 Å². The summed E-state index contributed by atoms with van der Waals surface area (Å²) in [6.07, 6.45) is 5.48. The summed E-state index contributed by atoms with van der Waals surface area (Å²) in [6.45, 7) is 1.60. The van der Waals surface area contributed by atoms with Gasteiger partial charge in [0.05, 0.1) is 0 Å². The van der Waals surface area contributed by atoms with E-state index in [2.05, 4.69) is 39.9 Å². The first-order valence-corrected chi connectivity index (χ1v) is 6.67. The first-order valence-electron chi connectivity index (χ1n) is 6.67. The fraction of sp³-hybridized carbons (Fsp3) is 0.400. The molecular formula is C15H19N3. The predicted octanol–water partition coefficient (Wildman–Crippen LogP) is 2.31. The van der Waals surface area contributed by atoms with Gasteiger partial charge in [0.15, 0.2) is 0 Å². The van der Waals surface area contributed by atoms with Crippen LogP contribution in [0.25, 0.3) is 0 Å². The number of nitrogens with two attached hydrogens (primary N) is 1. The van der Waals surface area contributed by atoms with Gasteiger partial charge in [-0.15, -0.1) is 0 Å². The third-order valence-corrected chi connectivity index (χ3v) is 3.50. The molecule has 94 valence electrons. The maximum atomic E-state index is 5.68. The molecular weight excluding hydrogens is 222 g/mol. The highest BCUT2D eigenvalue weighted by molar-refractivity contribution is 5.20. The van der Waals surface area contributed by atoms with Crippen LogP contribution in [0, 0.1) is 0 Å². The van der Waals surface area contributed by atoms with Crippen LogP contribution in [0.4, 0.5) is 0 Å². The maximum absolute atomic E-state index is 5.68. The topological polar surface area (TPSA) is 43.8 Å². The van der Waals surface area contributed by atoms with Crippen LogP contribution in [0.3, 0.4) is 0 Å². The molecule has 1 aliphatic rings. The van der Waals surface area contributed by atoms with Crippen LogP contribution in [0.5, 0.6) is 0 Å². The summed E-state index contributed by atoms with van der Waals surface area (Å²) >= 11 is 0. The average Bonchev–Trinajstić information content (AvgIpc) is 3.17. The first kappa shape index (κ1) is 11.5. The molecule has 1 heterocycles. The van der Waals surface area contributed by atoms with Gasteiger partial charge in [-0.2, -0.15) is 0 Å². The molecule has 2 N–H and O–H groups in total.